The van der Waals surface area contributed by atoms with Gasteiger partial charge < -0.3 is 24.8 Å². The van der Waals surface area contributed by atoms with Gasteiger partial charge in [0.15, 0.2) is 0 Å². The summed E-state index contributed by atoms with van der Waals surface area (Å²) in [6, 6.07) is 52.0. The predicted octanol–water partition coefficient (Wildman–Crippen LogP) is 8.90. The van der Waals surface area contributed by atoms with E-state index in [1.165, 1.54) is 92.7 Å². The van der Waals surface area contributed by atoms with E-state index in [9.17, 15) is 26.3 Å². The van der Waals surface area contributed by atoms with Crippen molar-refractivity contribution in [2.75, 3.05) is 0 Å². The number of aryl methyl sites for hydroxylation is 1. The van der Waals surface area contributed by atoms with Gasteiger partial charge in [0.05, 0.1) is 0 Å². The molecule has 0 saturated carbocycles. The Balaban J connectivity index is 0.000000210. The first kappa shape index (κ1) is 49.2. The summed E-state index contributed by atoms with van der Waals surface area (Å²) in [5.41, 5.74) is 13.2. The van der Waals surface area contributed by atoms with Crippen LogP contribution >= 0.6 is 0 Å². The van der Waals surface area contributed by atoms with Crippen molar-refractivity contribution in [1.29, 1.82) is 0 Å². The molecule has 0 N–H and O–H groups in total. The maximum absolute atomic E-state index is 12.5. The van der Waals surface area contributed by atoms with Crippen molar-refractivity contribution in [3.8, 4) is 33.4 Å². The zero-order chi connectivity index (χ0) is 42.4. The molecule has 314 valence electrons. The van der Waals surface area contributed by atoms with Gasteiger partial charge in [-0.1, -0.05) is 142 Å². The average Bonchev–Trinajstić information content (AvgIpc) is 3.86. The summed E-state index contributed by atoms with van der Waals surface area (Å²) in [5.74, 6) is 0. The SMILES string of the molecule is CCCc1cc(C(C)(C)C)c[cH-]1.FC(F)(F)c1ccc([C](=[Zr+2])c2ccc(C(F)(F)F)cc2)cc1.[Cl-].[Cl-].[c-]1c(-c2ccccc2)ccc2c1Cc1cc(-c3ccccc3)ccc1-2. The first-order chi connectivity index (χ1) is 28.0. The fourth-order valence-corrected chi connectivity index (χ4v) is 7.76. The smallest absolute Gasteiger partial charge is 0.0181 e. The molecule has 0 spiro atoms. The fourth-order valence-electron chi connectivity index (χ4n) is 6.94. The minimum Gasteiger partial charge on any atom is -1.00 e. The van der Waals surface area contributed by atoms with Crippen LogP contribution in [0.3, 0.4) is 0 Å². The van der Waals surface area contributed by atoms with Gasteiger partial charge in [0.25, 0.3) is 0 Å². The van der Waals surface area contributed by atoms with Gasteiger partial charge in [-0.25, -0.2) is 6.07 Å². The van der Waals surface area contributed by atoms with E-state index in [4.69, 9.17) is 0 Å². The van der Waals surface area contributed by atoms with E-state index < -0.39 is 23.5 Å². The maximum Gasteiger partial charge on any atom is -0.0181 e. The number of hydrogen-bond acceptors (Lipinski definition) is 0. The molecule has 7 aromatic rings. The summed E-state index contributed by atoms with van der Waals surface area (Å²) in [5, 5.41) is 0. The first-order valence-electron chi connectivity index (χ1n) is 19.5. The zero-order valence-corrected chi connectivity index (χ0v) is 38.1. The molecule has 0 atom stereocenters. The molecule has 61 heavy (non-hydrogen) atoms. The Kier molecular flexibility index (Phi) is 17.0. The summed E-state index contributed by atoms with van der Waals surface area (Å²) in [7, 11) is 0. The standard InChI is InChI=1S/C25H17.C15H8F6.C12H19.2ClH.Zr/c1-3-7-18(8-4-1)20-11-13-24-22(15-20)17-23-16-21(12-14-25(23)24)19-9-5-2-6-10-19;16-14(17,18)12-5-1-10(2-6-12)9-11-3-7-13(8-4-11)15(19,20)21;1-5-6-10-7-8-11(9-10)12(2,3)4;;;/h1-15H,17H2;1-8H;7-9H,5-6H2,1-4H3;2*1H;/q-1;;-1;;;+2/p-2. The third kappa shape index (κ3) is 12.8. The van der Waals surface area contributed by atoms with Crippen LogP contribution in [0.4, 0.5) is 26.3 Å². The number of halogens is 8. The van der Waals surface area contributed by atoms with Gasteiger partial charge in [0, 0.05) is 0 Å². The van der Waals surface area contributed by atoms with Crippen molar-refractivity contribution in [1.82, 2.24) is 0 Å². The van der Waals surface area contributed by atoms with Crippen LogP contribution in [0.25, 0.3) is 33.4 Å². The predicted molar refractivity (Wildman–Crippen MR) is 225 cm³/mol. The Morgan fingerprint density at radius 1 is 0.590 bits per heavy atom. The van der Waals surface area contributed by atoms with Crippen molar-refractivity contribution in [3.05, 3.63) is 208 Å². The van der Waals surface area contributed by atoms with E-state index in [0.717, 1.165) is 54.9 Å². The van der Waals surface area contributed by atoms with E-state index >= 15 is 0 Å². The second-order valence-electron chi connectivity index (χ2n) is 15.6. The molecule has 0 fully saturated rings. The Morgan fingerprint density at radius 2 is 1.10 bits per heavy atom. The molecule has 7 aromatic carbocycles. The van der Waals surface area contributed by atoms with E-state index in [-0.39, 0.29) is 24.8 Å². The Labute approximate surface area is 382 Å². The van der Waals surface area contributed by atoms with E-state index in [2.05, 4.69) is 143 Å². The molecular weight excluding hydrogens is 901 g/mol. The zero-order valence-electron chi connectivity index (χ0n) is 34.2. The van der Waals surface area contributed by atoms with Crippen molar-refractivity contribution < 1.29 is 75.4 Å². The molecule has 0 radical (unpaired) electrons. The van der Waals surface area contributed by atoms with Crippen molar-refractivity contribution in [2.24, 2.45) is 0 Å². The van der Waals surface area contributed by atoms with Gasteiger partial charge in [-0.2, -0.15) is 23.3 Å². The first-order valence-corrected chi connectivity index (χ1v) is 20.7. The molecule has 0 amide bonds. The molecule has 0 aromatic heterocycles. The molecule has 0 aliphatic heterocycles. The Bertz CT molecular complexity index is 2330. The summed E-state index contributed by atoms with van der Waals surface area (Å²) in [4.78, 5) is 0. The van der Waals surface area contributed by atoms with Crippen LogP contribution < -0.4 is 24.8 Å². The number of fused-ring (bicyclic) bond motifs is 3. The van der Waals surface area contributed by atoms with Gasteiger partial charge in [-0.15, -0.1) is 29.3 Å². The second kappa shape index (κ2) is 21.1. The van der Waals surface area contributed by atoms with E-state index in [0.29, 0.717) is 19.7 Å². The van der Waals surface area contributed by atoms with Crippen LogP contribution in [-0.4, -0.2) is 3.21 Å². The third-order valence-electron chi connectivity index (χ3n) is 10.2. The van der Waals surface area contributed by atoms with Crippen molar-refractivity contribution in [3.63, 3.8) is 0 Å². The summed E-state index contributed by atoms with van der Waals surface area (Å²) in [6.45, 7) is 9.01. The van der Waals surface area contributed by atoms with Crippen LogP contribution in [-0.2, 0) is 54.8 Å². The summed E-state index contributed by atoms with van der Waals surface area (Å²) < 4.78 is 75.6. The summed E-state index contributed by atoms with van der Waals surface area (Å²) >= 11 is 0.898. The van der Waals surface area contributed by atoms with Crippen molar-refractivity contribution in [2.45, 2.75) is 64.7 Å². The largest absolute Gasteiger partial charge is 1.00 e. The monoisotopic (exact) mass is 942 g/mol. The molecule has 0 heterocycles. The normalized spacial score (nSPS) is 11.7. The molecule has 8 rings (SSSR count). The van der Waals surface area contributed by atoms with Gasteiger partial charge in [-0.3, -0.25) is 0 Å². The quantitative estimate of drug-likeness (QED) is 0.116. The number of rotatable bonds is 6. The summed E-state index contributed by atoms with van der Waals surface area (Å²) in [6.07, 6.45) is -5.39. The molecule has 1 aliphatic rings. The van der Waals surface area contributed by atoms with Crippen molar-refractivity contribution >= 4 is 3.21 Å². The number of alkyl halides is 6. The fraction of sp³-hybridized carbons (Fsp3) is 0.192. The molecule has 0 nitrogen and oxygen atoms in total. The second-order valence-corrected chi connectivity index (χ2v) is 16.8. The molecule has 1 aliphatic carbocycles. The Hall–Kier alpha value is -4.42. The van der Waals surface area contributed by atoms with Gasteiger partial charge >= 0.3 is 137 Å². The van der Waals surface area contributed by atoms with E-state index in [1.54, 1.807) is 0 Å². The average molecular weight is 945 g/mol. The maximum atomic E-state index is 12.5. The molecule has 0 bridgehead atoms. The number of hydrogen-bond donors (Lipinski definition) is 0. The van der Waals surface area contributed by atoms with Gasteiger partial charge in [0.2, 0.25) is 0 Å². The minimum absolute atomic E-state index is 0. The number of benzene rings is 6. The Morgan fingerprint density at radius 3 is 1.57 bits per heavy atom. The van der Waals surface area contributed by atoms with Gasteiger partial charge in [0.1, 0.15) is 0 Å². The molecule has 0 unspecified atom stereocenters. The van der Waals surface area contributed by atoms with Crippen LogP contribution in [0, 0.1) is 6.07 Å². The molecular formula is C52H44Cl2F6Zr-2. The van der Waals surface area contributed by atoms with Crippen LogP contribution in [0.5, 0.6) is 0 Å². The topological polar surface area (TPSA) is 0 Å². The molecule has 9 heteroatoms. The van der Waals surface area contributed by atoms with Crippen LogP contribution in [0.15, 0.2) is 158 Å². The van der Waals surface area contributed by atoms with Crippen LogP contribution in [0.1, 0.15) is 78.6 Å². The van der Waals surface area contributed by atoms with Crippen LogP contribution in [0.2, 0.25) is 0 Å². The van der Waals surface area contributed by atoms with E-state index in [1.807, 2.05) is 0 Å². The molecule has 0 saturated heterocycles. The third-order valence-corrected chi connectivity index (χ3v) is 11.6. The van der Waals surface area contributed by atoms with Gasteiger partial charge in [-0.05, 0) is 23.1 Å². The minimum atomic E-state index is -4.41.